The zero-order valence-corrected chi connectivity index (χ0v) is 19.9. The highest BCUT2D eigenvalue weighted by molar-refractivity contribution is 6.46. The summed E-state index contributed by atoms with van der Waals surface area (Å²) in [6.07, 6.45) is 1.86. The number of carboxylic acid groups (broad SMARTS) is 1. The third kappa shape index (κ3) is 6.33. The first-order valence-corrected chi connectivity index (χ1v) is 11.3. The van der Waals surface area contributed by atoms with Crippen molar-refractivity contribution in [1.82, 2.24) is 10.2 Å². The zero-order valence-electron chi connectivity index (χ0n) is 18.3. The van der Waals surface area contributed by atoms with Crippen LogP contribution in [-0.2, 0) is 9.59 Å². The van der Waals surface area contributed by atoms with Crippen LogP contribution in [0.4, 0.5) is 0 Å². The molecule has 2 aromatic rings. The van der Waals surface area contributed by atoms with E-state index >= 15 is 0 Å². The van der Waals surface area contributed by atoms with Gasteiger partial charge in [-0.05, 0) is 54.7 Å². The third-order valence-electron chi connectivity index (χ3n) is 5.51. The molecule has 1 aliphatic rings. The minimum atomic E-state index is -0.972. The van der Waals surface area contributed by atoms with Gasteiger partial charge < -0.3 is 15.3 Å². The lowest BCUT2D eigenvalue weighted by atomic mass is 9.98. The largest absolute Gasteiger partial charge is 0.481 e. The number of rotatable bonds is 9. The second-order valence-electron chi connectivity index (χ2n) is 7.95. The molecule has 0 aromatic heterocycles. The Morgan fingerprint density at radius 2 is 1.70 bits per heavy atom. The van der Waals surface area contributed by atoms with Crippen LogP contribution in [0.15, 0.2) is 47.5 Å². The molecule has 0 unspecified atom stereocenters. The average molecular weight is 490 g/mol. The normalized spacial score (nSPS) is 14.5. The molecule has 2 N–H and O–H groups in total. The molecule has 2 amide bonds. The van der Waals surface area contributed by atoms with Crippen LogP contribution >= 0.6 is 23.2 Å². The fraction of sp³-hybridized carbons (Fsp3) is 0.333. The van der Waals surface area contributed by atoms with E-state index in [2.05, 4.69) is 10.3 Å². The van der Waals surface area contributed by atoms with Gasteiger partial charge in [0.15, 0.2) is 0 Å². The van der Waals surface area contributed by atoms with Gasteiger partial charge in [-0.2, -0.15) is 0 Å². The zero-order chi connectivity index (χ0) is 24.1. The van der Waals surface area contributed by atoms with Gasteiger partial charge in [-0.1, -0.05) is 35.3 Å². The average Bonchev–Trinajstić information content (AvgIpc) is 3.59. The molecule has 0 bridgehead atoms. The van der Waals surface area contributed by atoms with Gasteiger partial charge in [0.1, 0.15) is 5.71 Å². The Hall–Kier alpha value is -2.90. The minimum absolute atomic E-state index is 0.0600. The molecule has 1 saturated carbocycles. The Labute approximate surface area is 202 Å². The van der Waals surface area contributed by atoms with Crippen LogP contribution in [0.25, 0.3) is 0 Å². The van der Waals surface area contributed by atoms with Crippen LogP contribution in [0, 0.1) is 5.92 Å². The molecule has 0 spiro atoms. The number of carbonyl (C=O) groups is 3. The molecular formula is C24H25Cl2N3O4. The third-order valence-corrected chi connectivity index (χ3v) is 5.94. The van der Waals surface area contributed by atoms with E-state index in [1.54, 1.807) is 49.3 Å². The highest BCUT2D eigenvalue weighted by Gasteiger charge is 2.38. The van der Waals surface area contributed by atoms with Crippen LogP contribution < -0.4 is 5.32 Å². The van der Waals surface area contributed by atoms with Gasteiger partial charge in [-0.25, -0.2) is 0 Å². The van der Waals surface area contributed by atoms with Gasteiger partial charge in [-0.15, -0.1) is 0 Å². The molecule has 3 rings (SSSR count). The number of hydrogen-bond donors (Lipinski definition) is 2. The number of aliphatic carboxylic acids is 1. The topological polar surface area (TPSA) is 99.1 Å². The second-order valence-corrected chi connectivity index (χ2v) is 8.82. The first-order valence-electron chi connectivity index (χ1n) is 10.5. The summed E-state index contributed by atoms with van der Waals surface area (Å²) in [5, 5.41) is 12.1. The van der Waals surface area contributed by atoms with Gasteiger partial charge >= 0.3 is 5.97 Å². The van der Waals surface area contributed by atoms with E-state index < -0.39 is 5.97 Å². The summed E-state index contributed by atoms with van der Waals surface area (Å²) in [4.78, 5) is 42.1. The summed E-state index contributed by atoms with van der Waals surface area (Å²) < 4.78 is 0. The molecule has 174 valence electrons. The summed E-state index contributed by atoms with van der Waals surface area (Å²) in [5.74, 6) is -1.24. The monoisotopic (exact) mass is 489 g/mol. The van der Waals surface area contributed by atoms with Crippen molar-refractivity contribution >= 4 is 46.7 Å². The molecule has 0 radical (unpaired) electrons. The van der Waals surface area contributed by atoms with E-state index in [0.29, 0.717) is 27.1 Å². The van der Waals surface area contributed by atoms with Gasteiger partial charge in [0.25, 0.3) is 11.8 Å². The number of likely N-dealkylation sites (N-methyl/N-ethyl adjacent to an activating group) is 1. The molecule has 1 aliphatic carbocycles. The molecule has 0 aliphatic heterocycles. The quantitative estimate of drug-likeness (QED) is 0.514. The second kappa shape index (κ2) is 10.8. The summed E-state index contributed by atoms with van der Waals surface area (Å²) in [5.41, 5.74) is 2.16. The fourth-order valence-electron chi connectivity index (χ4n) is 3.77. The Bertz CT molecular complexity index is 1060. The number of carboxylic acids is 1. The lowest BCUT2D eigenvalue weighted by Gasteiger charge is -2.29. The van der Waals surface area contributed by atoms with Crippen molar-refractivity contribution < 1.29 is 19.5 Å². The van der Waals surface area contributed by atoms with E-state index in [1.807, 2.05) is 12.1 Å². The van der Waals surface area contributed by atoms with Crippen LogP contribution in [-0.4, -0.2) is 54.1 Å². The maximum Gasteiger partial charge on any atom is 0.305 e. The number of nitrogens with zero attached hydrogens (tertiary/aromatic N) is 2. The number of aliphatic imine (C=N–C) groups is 1. The summed E-state index contributed by atoms with van der Waals surface area (Å²) >= 11 is 12.2. The van der Waals surface area contributed by atoms with E-state index in [1.165, 1.54) is 0 Å². The van der Waals surface area contributed by atoms with Gasteiger partial charge in [-0.3, -0.25) is 19.4 Å². The van der Waals surface area contributed by atoms with Crippen LogP contribution in [0.1, 0.15) is 46.8 Å². The van der Waals surface area contributed by atoms with Crippen LogP contribution in [0.3, 0.4) is 0 Å². The standard InChI is InChI=1S/C24H25Cl2N3O4/c1-27-21(17-11-18(25)13-19(26)12-17)24(33)29(2)22(14-3-4-14)15-5-7-16(8-6-15)23(32)28-10-9-20(30)31/h5-8,11-14,22H,3-4,9-10H2,1-2H3,(H,28,32)(H,30,31)/t22-/m1/s1. The van der Waals surface area contributed by atoms with Crippen molar-refractivity contribution in [3.8, 4) is 0 Å². The maximum absolute atomic E-state index is 13.4. The lowest BCUT2D eigenvalue weighted by molar-refractivity contribution is -0.136. The van der Waals surface area contributed by atoms with E-state index in [-0.39, 0.29) is 36.5 Å². The highest BCUT2D eigenvalue weighted by Crippen LogP contribution is 2.44. The smallest absolute Gasteiger partial charge is 0.305 e. The van der Waals surface area contributed by atoms with Gasteiger partial charge in [0, 0.05) is 41.8 Å². The first kappa shape index (κ1) is 24.7. The number of carbonyl (C=O) groups excluding carboxylic acids is 2. The summed E-state index contributed by atoms with van der Waals surface area (Å²) in [6.45, 7) is 0.0600. The maximum atomic E-state index is 13.4. The Kier molecular flexibility index (Phi) is 8.10. The van der Waals surface area contributed by atoms with Crippen LogP contribution in [0.2, 0.25) is 10.0 Å². The molecule has 1 fully saturated rings. The number of halogens is 2. The van der Waals surface area contributed by atoms with E-state index in [0.717, 1.165) is 18.4 Å². The number of nitrogens with one attached hydrogen (secondary N) is 1. The highest BCUT2D eigenvalue weighted by atomic mass is 35.5. The van der Waals surface area contributed by atoms with Crippen molar-refractivity contribution in [2.75, 3.05) is 20.6 Å². The molecule has 0 heterocycles. The van der Waals surface area contributed by atoms with Crippen molar-refractivity contribution in [3.63, 3.8) is 0 Å². The predicted octanol–water partition coefficient (Wildman–Crippen LogP) is 4.23. The summed E-state index contributed by atoms with van der Waals surface area (Å²) in [6, 6.07) is 11.8. The first-order chi connectivity index (χ1) is 15.7. The minimum Gasteiger partial charge on any atom is -0.481 e. The molecule has 9 heteroatoms. The molecule has 1 atom stereocenters. The van der Waals surface area contributed by atoms with Crippen molar-refractivity contribution in [3.05, 3.63) is 69.2 Å². The van der Waals surface area contributed by atoms with Crippen molar-refractivity contribution in [2.24, 2.45) is 10.9 Å². The van der Waals surface area contributed by atoms with E-state index in [9.17, 15) is 14.4 Å². The number of hydrogen-bond acceptors (Lipinski definition) is 4. The predicted molar refractivity (Wildman–Crippen MR) is 128 cm³/mol. The number of amides is 2. The summed E-state index contributed by atoms with van der Waals surface area (Å²) in [7, 11) is 3.30. The van der Waals surface area contributed by atoms with Crippen LogP contribution in [0.5, 0.6) is 0 Å². The molecule has 0 saturated heterocycles. The fourth-order valence-corrected chi connectivity index (χ4v) is 4.30. The lowest BCUT2D eigenvalue weighted by Crippen LogP contribution is -2.38. The molecule has 7 nitrogen and oxygen atoms in total. The Morgan fingerprint density at radius 3 is 2.21 bits per heavy atom. The van der Waals surface area contributed by atoms with Crippen molar-refractivity contribution in [1.29, 1.82) is 0 Å². The molecule has 33 heavy (non-hydrogen) atoms. The Balaban J connectivity index is 1.78. The molecular weight excluding hydrogens is 465 g/mol. The molecule has 2 aromatic carbocycles. The van der Waals surface area contributed by atoms with Gasteiger partial charge in [0.2, 0.25) is 0 Å². The number of benzene rings is 2. The van der Waals surface area contributed by atoms with E-state index in [4.69, 9.17) is 28.3 Å². The Morgan fingerprint density at radius 1 is 1.09 bits per heavy atom. The van der Waals surface area contributed by atoms with Crippen molar-refractivity contribution in [2.45, 2.75) is 25.3 Å². The van der Waals surface area contributed by atoms with Gasteiger partial charge in [0.05, 0.1) is 12.5 Å². The SMILES string of the molecule is CN=C(C(=O)N(C)[C@@H](c1ccc(C(=O)NCCC(=O)O)cc1)C1CC1)c1cc(Cl)cc(Cl)c1.